The summed E-state index contributed by atoms with van der Waals surface area (Å²) in [6, 6.07) is 6.32. The number of imidazole rings is 1. The maximum atomic E-state index is 13.3. The second-order valence-electron chi connectivity index (χ2n) is 5.81. The number of nitrogens with zero attached hydrogens (tertiary/aromatic N) is 4. The van der Waals surface area contributed by atoms with E-state index in [0.717, 1.165) is 5.56 Å². The second-order valence-corrected chi connectivity index (χ2v) is 6.96. The maximum absolute atomic E-state index is 13.3. The maximum Gasteiger partial charge on any atom is 0.166 e. The van der Waals surface area contributed by atoms with Crippen LogP contribution >= 0.6 is 11.8 Å². The number of benzene rings is 1. The van der Waals surface area contributed by atoms with E-state index in [1.165, 1.54) is 30.2 Å². The van der Waals surface area contributed by atoms with Crippen LogP contribution in [0, 0.1) is 5.82 Å². The lowest BCUT2D eigenvalue weighted by Crippen LogP contribution is -2.27. The van der Waals surface area contributed by atoms with Gasteiger partial charge in [-0.05, 0) is 17.7 Å². The molecule has 1 aliphatic heterocycles. The highest BCUT2D eigenvalue weighted by Gasteiger charge is 2.36. The predicted molar refractivity (Wildman–Crippen MR) is 92.6 cm³/mol. The van der Waals surface area contributed by atoms with Gasteiger partial charge in [0, 0.05) is 12.3 Å². The number of anilines is 1. The summed E-state index contributed by atoms with van der Waals surface area (Å²) in [7, 11) is 0. The Hall–Kier alpha value is -2.23. The van der Waals surface area contributed by atoms with E-state index >= 15 is 0 Å². The SMILES string of the molecule is OC1C(n2cnc3c(NCc4cccc(F)c4)ncnc32)SC[C@@H]1O. The molecule has 2 unspecified atom stereocenters. The summed E-state index contributed by atoms with van der Waals surface area (Å²) in [6.07, 6.45) is 1.36. The van der Waals surface area contributed by atoms with Crippen molar-refractivity contribution >= 4 is 28.7 Å². The lowest BCUT2D eigenvalue weighted by atomic mass is 10.2. The average Bonchev–Trinajstić information content (AvgIpc) is 3.17. The van der Waals surface area contributed by atoms with E-state index in [2.05, 4.69) is 20.3 Å². The molecule has 0 spiro atoms. The van der Waals surface area contributed by atoms with Crippen LogP contribution in [-0.2, 0) is 6.54 Å². The molecule has 3 N–H and O–H groups in total. The monoisotopic (exact) mass is 361 g/mol. The summed E-state index contributed by atoms with van der Waals surface area (Å²) < 4.78 is 15.0. The van der Waals surface area contributed by atoms with E-state index in [1.54, 1.807) is 17.0 Å². The van der Waals surface area contributed by atoms with Gasteiger partial charge < -0.3 is 15.5 Å². The molecule has 9 heteroatoms. The van der Waals surface area contributed by atoms with Gasteiger partial charge in [-0.15, -0.1) is 11.8 Å². The first-order valence-electron chi connectivity index (χ1n) is 7.77. The molecular weight excluding hydrogens is 345 g/mol. The number of aliphatic hydroxyl groups is 2. The molecule has 1 aliphatic rings. The van der Waals surface area contributed by atoms with Gasteiger partial charge in [0.1, 0.15) is 29.1 Å². The topological polar surface area (TPSA) is 96.1 Å². The van der Waals surface area contributed by atoms with Crippen molar-refractivity contribution in [2.24, 2.45) is 0 Å². The fourth-order valence-electron chi connectivity index (χ4n) is 2.83. The summed E-state index contributed by atoms with van der Waals surface area (Å²) in [5.41, 5.74) is 1.92. The van der Waals surface area contributed by atoms with Crippen LogP contribution in [0.3, 0.4) is 0 Å². The van der Waals surface area contributed by atoms with Crippen molar-refractivity contribution in [1.29, 1.82) is 0 Å². The Morgan fingerprint density at radius 2 is 2.16 bits per heavy atom. The molecule has 25 heavy (non-hydrogen) atoms. The van der Waals surface area contributed by atoms with Crippen LogP contribution in [0.1, 0.15) is 10.9 Å². The summed E-state index contributed by atoms with van der Waals surface area (Å²) >= 11 is 1.45. The Kier molecular flexibility index (Phi) is 4.28. The normalized spacial score (nSPS) is 23.2. The molecule has 7 nitrogen and oxygen atoms in total. The summed E-state index contributed by atoms with van der Waals surface area (Å²) in [5, 5.41) is 22.7. The molecule has 0 saturated carbocycles. The van der Waals surface area contributed by atoms with Crippen molar-refractivity contribution in [1.82, 2.24) is 19.5 Å². The minimum absolute atomic E-state index is 0.290. The largest absolute Gasteiger partial charge is 0.389 e. The smallest absolute Gasteiger partial charge is 0.166 e. The number of halogens is 1. The van der Waals surface area contributed by atoms with Crippen LogP contribution in [0.5, 0.6) is 0 Å². The molecule has 3 atom stereocenters. The Labute approximate surface area is 146 Å². The molecule has 0 amide bonds. The van der Waals surface area contributed by atoms with E-state index in [1.807, 2.05) is 6.07 Å². The molecule has 1 fully saturated rings. The van der Waals surface area contributed by atoms with Crippen molar-refractivity contribution in [2.75, 3.05) is 11.1 Å². The lowest BCUT2D eigenvalue weighted by Gasteiger charge is -2.17. The lowest BCUT2D eigenvalue weighted by molar-refractivity contribution is 0.0313. The first kappa shape index (κ1) is 16.2. The van der Waals surface area contributed by atoms with Gasteiger partial charge in [-0.2, -0.15) is 0 Å². The Morgan fingerprint density at radius 1 is 1.28 bits per heavy atom. The third-order valence-electron chi connectivity index (χ3n) is 4.11. The van der Waals surface area contributed by atoms with Crippen molar-refractivity contribution in [2.45, 2.75) is 24.1 Å². The van der Waals surface area contributed by atoms with E-state index in [0.29, 0.717) is 29.3 Å². The number of aromatic nitrogens is 4. The van der Waals surface area contributed by atoms with Crippen molar-refractivity contribution < 1.29 is 14.6 Å². The third-order valence-corrected chi connectivity index (χ3v) is 5.49. The average molecular weight is 361 g/mol. The van der Waals surface area contributed by atoms with Gasteiger partial charge in [0.05, 0.1) is 12.4 Å². The minimum atomic E-state index is -0.874. The quantitative estimate of drug-likeness (QED) is 0.649. The first-order valence-corrected chi connectivity index (χ1v) is 8.82. The van der Waals surface area contributed by atoms with Crippen molar-refractivity contribution in [3.63, 3.8) is 0 Å². The molecule has 1 aromatic carbocycles. The molecule has 3 heterocycles. The van der Waals surface area contributed by atoms with Gasteiger partial charge in [0.15, 0.2) is 11.5 Å². The van der Waals surface area contributed by atoms with E-state index in [-0.39, 0.29) is 11.2 Å². The fraction of sp³-hybridized carbons (Fsp3) is 0.312. The number of aliphatic hydroxyl groups excluding tert-OH is 2. The number of thioether (sulfide) groups is 1. The summed E-state index contributed by atoms with van der Waals surface area (Å²) in [6.45, 7) is 0.399. The second kappa shape index (κ2) is 6.58. The van der Waals surface area contributed by atoms with Crippen LogP contribution in [0.25, 0.3) is 11.2 Å². The predicted octanol–water partition coefficient (Wildman–Crippen LogP) is 1.54. The minimum Gasteiger partial charge on any atom is -0.389 e. The molecule has 130 valence electrons. The van der Waals surface area contributed by atoms with Crippen LogP contribution in [0.15, 0.2) is 36.9 Å². The van der Waals surface area contributed by atoms with Gasteiger partial charge in [-0.3, -0.25) is 4.57 Å². The fourth-order valence-corrected chi connectivity index (χ4v) is 4.11. The third kappa shape index (κ3) is 3.06. The zero-order valence-corrected chi connectivity index (χ0v) is 13.9. The Morgan fingerprint density at radius 3 is 2.92 bits per heavy atom. The van der Waals surface area contributed by atoms with Crippen LogP contribution < -0.4 is 5.32 Å². The molecule has 3 aromatic rings. The van der Waals surface area contributed by atoms with Crippen LogP contribution in [-0.4, -0.2) is 47.7 Å². The van der Waals surface area contributed by atoms with Gasteiger partial charge in [0.25, 0.3) is 0 Å². The summed E-state index contributed by atoms with van der Waals surface area (Å²) in [4.78, 5) is 12.8. The Bertz CT molecular complexity index is 905. The number of nitrogens with one attached hydrogen (secondary N) is 1. The van der Waals surface area contributed by atoms with Crippen molar-refractivity contribution in [3.05, 3.63) is 48.3 Å². The molecule has 4 rings (SSSR count). The number of fused-ring (bicyclic) bond motifs is 1. The zero-order valence-electron chi connectivity index (χ0n) is 13.1. The zero-order chi connectivity index (χ0) is 17.4. The van der Waals surface area contributed by atoms with Gasteiger partial charge >= 0.3 is 0 Å². The first-order chi connectivity index (χ1) is 12.1. The van der Waals surface area contributed by atoms with Gasteiger partial charge in [0.2, 0.25) is 0 Å². The molecule has 0 radical (unpaired) electrons. The number of rotatable bonds is 4. The molecule has 0 aliphatic carbocycles. The molecule has 2 aromatic heterocycles. The van der Waals surface area contributed by atoms with E-state index in [9.17, 15) is 14.6 Å². The van der Waals surface area contributed by atoms with Crippen molar-refractivity contribution in [3.8, 4) is 0 Å². The van der Waals surface area contributed by atoms with Gasteiger partial charge in [-0.25, -0.2) is 19.3 Å². The highest BCUT2D eigenvalue weighted by molar-refractivity contribution is 7.99. The highest BCUT2D eigenvalue weighted by Crippen LogP contribution is 2.38. The molecule has 1 saturated heterocycles. The highest BCUT2D eigenvalue weighted by atomic mass is 32.2. The number of hydrogen-bond donors (Lipinski definition) is 3. The Balaban J connectivity index is 1.61. The summed E-state index contributed by atoms with van der Waals surface area (Å²) in [5.74, 6) is 0.703. The van der Waals surface area contributed by atoms with Crippen LogP contribution in [0.4, 0.5) is 10.2 Å². The number of hydrogen-bond acceptors (Lipinski definition) is 7. The van der Waals surface area contributed by atoms with Gasteiger partial charge in [-0.1, -0.05) is 12.1 Å². The molecule has 0 bridgehead atoms. The van der Waals surface area contributed by atoms with E-state index < -0.39 is 12.2 Å². The standard InChI is InChI=1S/C16H16FN5O2S/c17-10-3-1-2-9(4-10)5-18-14-12-15(20-7-19-14)22(8-21-12)16-13(24)11(23)6-25-16/h1-4,7-8,11,13,16,23-24H,5-6H2,(H,18,19,20)/t11-,13?,16?/m0/s1. The van der Waals surface area contributed by atoms with Crippen LogP contribution in [0.2, 0.25) is 0 Å². The molecular formula is C16H16FN5O2S. The van der Waals surface area contributed by atoms with E-state index in [4.69, 9.17) is 0 Å².